The number of hydrogen-bond acceptors (Lipinski definition) is 5. The van der Waals surface area contributed by atoms with Crippen LogP contribution in [0.3, 0.4) is 0 Å². The van der Waals surface area contributed by atoms with Crippen LogP contribution in [0.25, 0.3) is 0 Å². The number of fused-ring (bicyclic) bond motifs is 1. The summed E-state index contributed by atoms with van der Waals surface area (Å²) in [6, 6.07) is 4.59. The Bertz CT molecular complexity index is 660. The van der Waals surface area contributed by atoms with Crippen LogP contribution >= 0.6 is 11.8 Å². The number of nitrogens with zero attached hydrogens (tertiary/aromatic N) is 1. The van der Waals surface area contributed by atoms with Gasteiger partial charge in [0.1, 0.15) is 11.8 Å². The molecule has 24 heavy (non-hydrogen) atoms. The molecule has 0 saturated carbocycles. The maximum atomic E-state index is 12.7. The van der Waals surface area contributed by atoms with Crippen molar-refractivity contribution >= 4 is 28.8 Å². The van der Waals surface area contributed by atoms with Gasteiger partial charge in [0.25, 0.3) is 0 Å². The van der Waals surface area contributed by atoms with Gasteiger partial charge in [0.2, 0.25) is 5.91 Å². The van der Waals surface area contributed by atoms with E-state index in [1.165, 1.54) is 11.8 Å². The summed E-state index contributed by atoms with van der Waals surface area (Å²) in [6.07, 6.45) is 0.271. The molecule has 0 aliphatic carbocycles. The van der Waals surface area contributed by atoms with Crippen molar-refractivity contribution in [1.82, 2.24) is 4.90 Å². The third-order valence-electron chi connectivity index (χ3n) is 4.07. The summed E-state index contributed by atoms with van der Waals surface area (Å²) in [5.74, 6) is -0.661. The molecule has 0 spiro atoms. The second-order valence-corrected chi connectivity index (χ2v) is 7.06. The topological polar surface area (TPSA) is 83.9 Å². The van der Waals surface area contributed by atoms with Gasteiger partial charge in [-0.15, -0.1) is 0 Å². The summed E-state index contributed by atoms with van der Waals surface area (Å²) in [5, 5.41) is 9.45. The largest absolute Gasteiger partial charge is 0.497 e. The lowest BCUT2D eigenvalue weighted by atomic mass is 9.92. The van der Waals surface area contributed by atoms with Crippen LogP contribution in [0, 0.1) is 5.92 Å². The zero-order valence-corrected chi connectivity index (χ0v) is 14.8. The Morgan fingerprint density at radius 3 is 2.67 bits per heavy atom. The number of carboxylic acid groups (broad SMARTS) is 1. The van der Waals surface area contributed by atoms with Crippen molar-refractivity contribution < 1.29 is 24.2 Å². The number of amides is 1. The molecule has 1 amide bonds. The molecule has 0 saturated heterocycles. The van der Waals surface area contributed by atoms with Crippen LogP contribution in [0.15, 0.2) is 18.2 Å². The van der Waals surface area contributed by atoms with Crippen LogP contribution in [0.2, 0.25) is 0 Å². The predicted octanol–water partition coefficient (Wildman–Crippen LogP) is 1.95. The number of methoxy groups -OCH3 is 1. The van der Waals surface area contributed by atoms with Gasteiger partial charge in [0.15, 0.2) is 5.12 Å². The molecule has 6 nitrogen and oxygen atoms in total. The van der Waals surface area contributed by atoms with E-state index in [0.29, 0.717) is 11.5 Å². The highest BCUT2D eigenvalue weighted by Gasteiger charge is 2.36. The van der Waals surface area contributed by atoms with Crippen molar-refractivity contribution in [1.29, 1.82) is 0 Å². The molecule has 7 heteroatoms. The van der Waals surface area contributed by atoms with E-state index in [0.717, 1.165) is 22.9 Å². The molecule has 0 aromatic heterocycles. The fourth-order valence-corrected chi connectivity index (χ4v) is 3.36. The molecule has 0 radical (unpaired) electrons. The first-order chi connectivity index (χ1) is 11.3. The van der Waals surface area contributed by atoms with Gasteiger partial charge in [-0.2, -0.15) is 0 Å². The minimum Gasteiger partial charge on any atom is -0.497 e. The molecule has 1 aromatic carbocycles. The summed E-state index contributed by atoms with van der Waals surface area (Å²) in [4.78, 5) is 36.8. The molecule has 2 unspecified atom stereocenters. The molecule has 1 aliphatic heterocycles. The maximum Gasteiger partial charge on any atom is 0.326 e. The maximum absolute atomic E-state index is 12.7. The van der Waals surface area contributed by atoms with Crippen molar-refractivity contribution in [3.8, 4) is 5.75 Å². The van der Waals surface area contributed by atoms with Gasteiger partial charge in [-0.05, 0) is 23.3 Å². The summed E-state index contributed by atoms with van der Waals surface area (Å²) in [5.41, 5.74) is 1.81. The van der Waals surface area contributed by atoms with Gasteiger partial charge < -0.3 is 14.7 Å². The fraction of sp³-hybridized carbons (Fsp3) is 0.471. The van der Waals surface area contributed by atoms with Crippen molar-refractivity contribution in [2.75, 3.05) is 12.9 Å². The first-order valence-electron chi connectivity index (χ1n) is 7.66. The zero-order chi connectivity index (χ0) is 17.9. The van der Waals surface area contributed by atoms with E-state index in [1.54, 1.807) is 20.1 Å². The minimum absolute atomic E-state index is 0.0573. The number of carboxylic acids is 1. The number of carbonyl (C=O) groups is 3. The minimum atomic E-state index is -1.02. The normalized spacial score (nSPS) is 17.8. The Balaban J connectivity index is 2.24. The highest BCUT2D eigenvalue weighted by Crippen LogP contribution is 2.28. The average molecular weight is 351 g/mol. The number of ether oxygens (including phenoxy) is 1. The summed E-state index contributed by atoms with van der Waals surface area (Å²) in [6.45, 7) is 3.40. The van der Waals surface area contributed by atoms with Crippen molar-refractivity contribution in [3.63, 3.8) is 0 Å². The molecule has 1 aliphatic rings. The first-order valence-corrected chi connectivity index (χ1v) is 8.64. The van der Waals surface area contributed by atoms with Gasteiger partial charge in [-0.25, -0.2) is 4.79 Å². The fourth-order valence-electron chi connectivity index (χ4n) is 2.74. The van der Waals surface area contributed by atoms with Gasteiger partial charge in [0.05, 0.1) is 7.11 Å². The number of aliphatic carboxylic acids is 1. The standard InChI is InChI=1S/C17H21NO5S/c1-10(9-24-11(2)19)16(20)18-8-13-6-14(23-3)5-4-12(13)7-15(18)17(21)22/h4-6,10,15H,7-9H2,1-3H3,(H,21,22). The van der Waals surface area contributed by atoms with E-state index >= 15 is 0 Å². The highest BCUT2D eigenvalue weighted by atomic mass is 32.2. The van der Waals surface area contributed by atoms with Crippen LogP contribution in [-0.2, 0) is 27.3 Å². The van der Waals surface area contributed by atoms with E-state index in [4.69, 9.17) is 4.74 Å². The molecule has 2 atom stereocenters. The Hall–Kier alpha value is -2.02. The number of carbonyl (C=O) groups excluding carboxylic acids is 2. The Morgan fingerprint density at radius 1 is 1.38 bits per heavy atom. The molecule has 1 heterocycles. The number of benzene rings is 1. The van der Waals surface area contributed by atoms with Crippen molar-refractivity contribution in [2.45, 2.75) is 32.9 Å². The lowest BCUT2D eigenvalue weighted by molar-refractivity contribution is -0.152. The van der Waals surface area contributed by atoms with Gasteiger partial charge in [-0.1, -0.05) is 24.8 Å². The van der Waals surface area contributed by atoms with E-state index in [-0.39, 0.29) is 24.0 Å². The third-order valence-corrected chi connectivity index (χ3v) is 5.14. The van der Waals surface area contributed by atoms with Crippen LogP contribution in [0.4, 0.5) is 0 Å². The average Bonchev–Trinajstić information content (AvgIpc) is 2.56. The second-order valence-electron chi connectivity index (χ2n) is 5.86. The molecule has 0 fully saturated rings. The molecule has 2 rings (SSSR count). The van der Waals surface area contributed by atoms with Crippen molar-refractivity contribution in [2.24, 2.45) is 5.92 Å². The van der Waals surface area contributed by atoms with Gasteiger partial charge in [0, 0.05) is 31.6 Å². The van der Waals surface area contributed by atoms with Gasteiger partial charge >= 0.3 is 5.97 Å². The van der Waals surface area contributed by atoms with Crippen LogP contribution in [-0.4, -0.2) is 45.9 Å². The zero-order valence-electron chi connectivity index (χ0n) is 13.9. The molecule has 130 valence electrons. The first kappa shape index (κ1) is 18.3. The lowest BCUT2D eigenvalue weighted by Gasteiger charge is -2.36. The van der Waals surface area contributed by atoms with Crippen LogP contribution in [0.1, 0.15) is 25.0 Å². The summed E-state index contributed by atoms with van der Waals surface area (Å²) in [7, 11) is 1.56. The molecule has 0 bridgehead atoms. The smallest absolute Gasteiger partial charge is 0.326 e. The van der Waals surface area contributed by atoms with Crippen molar-refractivity contribution in [3.05, 3.63) is 29.3 Å². The second kappa shape index (κ2) is 7.70. The van der Waals surface area contributed by atoms with Crippen LogP contribution in [0.5, 0.6) is 5.75 Å². The Kier molecular flexibility index (Phi) is 5.88. The SMILES string of the molecule is COc1ccc2c(c1)CN(C(=O)C(C)CSC(C)=O)C(C(=O)O)C2. The van der Waals surface area contributed by atoms with Crippen LogP contribution < -0.4 is 4.74 Å². The molecular formula is C17H21NO5S. The van der Waals surface area contributed by atoms with E-state index in [9.17, 15) is 19.5 Å². The molecule has 1 aromatic rings. The van der Waals surface area contributed by atoms with E-state index in [2.05, 4.69) is 0 Å². The number of rotatable bonds is 5. The Morgan fingerprint density at radius 2 is 2.08 bits per heavy atom. The third kappa shape index (κ3) is 4.08. The quantitative estimate of drug-likeness (QED) is 0.873. The number of thioether (sulfide) groups is 1. The highest BCUT2D eigenvalue weighted by molar-refractivity contribution is 8.13. The molecule has 1 N–H and O–H groups in total. The monoisotopic (exact) mass is 351 g/mol. The number of hydrogen-bond donors (Lipinski definition) is 1. The lowest BCUT2D eigenvalue weighted by Crippen LogP contribution is -2.50. The van der Waals surface area contributed by atoms with E-state index in [1.807, 2.05) is 12.1 Å². The summed E-state index contributed by atoms with van der Waals surface area (Å²) < 4.78 is 5.20. The molecular weight excluding hydrogens is 330 g/mol. The predicted molar refractivity (Wildman–Crippen MR) is 91.0 cm³/mol. The van der Waals surface area contributed by atoms with E-state index < -0.39 is 17.9 Å². The van der Waals surface area contributed by atoms with Gasteiger partial charge in [-0.3, -0.25) is 9.59 Å². The summed E-state index contributed by atoms with van der Waals surface area (Å²) >= 11 is 1.08. The Labute approximate surface area is 145 Å².